The number of hydrogen-bond acceptors (Lipinski definition) is 4. The summed E-state index contributed by atoms with van der Waals surface area (Å²) in [7, 11) is -4.11. The minimum Gasteiger partial charge on any atom is -0.298 e. The van der Waals surface area contributed by atoms with Crippen molar-refractivity contribution in [3.8, 4) is 0 Å². The Labute approximate surface area is 174 Å². The van der Waals surface area contributed by atoms with E-state index in [-0.39, 0.29) is 28.7 Å². The van der Waals surface area contributed by atoms with Gasteiger partial charge in [0.15, 0.2) is 5.78 Å². The van der Waals surface area contributed by atoms with Crippen LogP contribution in [0.2, 0.25) is 5.15 Å². The summed E-state index contributed by atoms with van der Waals surface area (Å²) in [5.74, 6) is -0.964. The van der Waals surface area contributed by atoms with Crippen molar-refractivity contribution in [3.63, 3.8) is 0 Å². The molecule has 1 fully saturated rings. The zero-order valence-electron chi connectivity index (χ0n) is 14.5. The number of carbonyl (C=O) groups is 1. The first-order valence-corrected chi connectivity index (χ1v) is 11.0. The van der Waals surface area contributed by atoms with Gasteiger partial charge < -0.3 is 0 Å². The first kappa shape index (κ1) is 21.3. The predicted molar refractivity (Wildman–Crippen MR) is 104 cm³/mol. The molecule has 5 nitrogen and oxygen atoms in total. The molecule has 0 saturated carbocycles. The van der Waals surface area contributed by atoms with Crippen molar-refractivity contribution >= 4 is 43.3 Å². The van der Waals surface area contributed by atoms with Crippen LogP contribution in [-0.2, 0) is 21.2 Å². The molecule has 0 N–H and O–H groups in total. The smallest absolute Gasteiger partial charge is 0.243 e. The van der Waals surface area contributed by atoms with Crippen LogP contribution in [0.25, 0.3) is 0 Å². The number of alkyl halides is 1. The molecule has 1 aliphatic rings. The molecule has 0 spiro atoms. The summed E-state index contributed by atoms with van der Waals surface area (Å²) >= 11 is 9.10. The van der Waals surface area contributed by atoms with E-state index in [0.717, 1.165) is 34.1 Å². The third-order valence-electron chi connectivity index (χ3n) is 4.48. The van der Waals surface area contributed by atoms with E-state index in [2.05, 4.69) is 20.9 Å². The Morgan fingerprint density at radius 2 is 1.96 bits per heavy atom. The quantitative estimate of drug-likeness (QED) is 0.572. The highest BCUT2D eigenvalue weighted by Crippen LogP contribution is 2.29. The lowest BCUT2D eigenvalue weighted by Crippen LogP contribution is -2.40. The molecule has 2 heterocycles. The van der Waals surface area contributed by atoms with Crippen molar-refractivity contribution in [2.24, 2.45) is 0 Å². The summed E-state index contributed by atoms with van der Waals surface area (Å²) in [6.07, 6.45) is -1.29. The lowest BCUT2D eigenvalue weighted by Gasteiger charge is -2.22. The third-order valence-corrected chi connectivity index (χ3v) is 6.97. The first-order chi connectivity index (χ1) is 13.2. The molecular formula is C18H16BrClF2N2O3S. The second-order valence-corrected chi connectivity index (χ2v) is 9.55. The highest BCUT2D eigenvalue weighted by atomic mass is 79.9. The van der Waals surface area contributed by atoms with Crippen LogP contribution in [0.15, 0.2) is 45.9 Å². The van der Waals surface area contributed by atoms with Gasteiger partial charge in [0.2, 0.25) is 10.0 Å². The maximum atomic E-state index is 14.0. The van der Waals surface area contributed by atoms with Gasteiger partial charge in [-0.05, 0) is 64.3 Å². The fourth-order valence-electron chi connectivity index (χ4n) is 3.15. The van der Waals surface area contributed by atoms with E-state index in [1.54, 1.807) is 12.1 Å². The Bertz CT molecular complexity index is 969. The first-order valence-electron chi connectivity index (χ1n) is 8.43. The minimum absolute atomic E-state index is 0.0274. The predicted octanol–water partition coefficient (Wildman–Crippen LogP) is 3.94. The Morgan fingerprint density at radius 3 is 2.61 bits per heavy atom. The van der Waals surface area contributed by atoms with Gasteiger partial charge in [-0.3, -0.25) is 4.79 Å². The average Bonchev–Trinajstić information content (AvgIpc) is 3.02. The monoisotopic (exact) mass is 492 g/mol. The minimum atomic E-state index is -4.11. The Kier molecular flexibility index (Phi) is 6.48. The molecule has 2 aromatic rings. The van der Waals surface area contributed by atoms with Gasteiger partial charge in [-0.25, -0.2) is 22.2 Å². The number of rotatable bonds is 6. The second-order valence-electron chi connectivity index (χ2n) is 6.46. The van der Waals surface area contributed by atoms with Gasteiger partial charge in [-0.15, -0.1) is 0 Å². The maximum absolute atomic E-state index is 14.0. The van der Waals surface area contributed by atoms with Crippen LogP contribution >= 0.6 is 27.5 Å². The molecule has 1 aromatic carbocycles. The molecule has 0 amide bonds. The number of benzene rings is 1. The van der Waals surface area contributed by atoms with E-state index < -0.39 is 34.6 Å². The summed E-state index contributed by atoms with van der Waals surface area (Å²) in [5, 5.41) is 0.266. The molecule has 150 valence electrons. The van der Waals surface area contributed by atoms with E-state index in [4.69, 9.17) is 11.6 Å². The van der Waals surface area contributed by atoms with Crippen molar-refractivity contribution in [3.05, 3.63) is 57.5 Å². The van der Waals surface area contributed by atoms with Crippen LogP contribution in [0.4, 0.5) is 8.78 Å². The molecule has 0 radical (unpaired) electrons. The van der Waals surface area contributed by atoms with Crippen LogP contribution in [0.1, 0.15) is 18.4 Å². The molecule has 10 heteroatoms. The molecular weight excluding hydrogens is 478 g/mol. The highest BCUT2D eigenvalue weighted by Gasteiger charge is 2.43. The van der Waals surface area contributed by atoms with Crippen molar-refractivity contribution in [1.29, 1.82) is 0 Å². The maximum Gasteiger partial charge on any atom is 0.243 e. The topological polar surface area (TPSA) is 67.3 Å². The van der Waals surface area contributed by atoms with Crippen LogP contribution in [-0.4, -0.2) is 42.2 Å². The standard InChI is InChI=1S/C18H16BrClF2N2O3S/c19-17-7-11(8-18(20)23-17)1-6-16(25)15-9-13(22)10-24(15)28(26,27)14-4-2-12(21)3-5-14/h2-5,7-8,13,15H,1,6,9-10H2/t13-,15+/m1/s1. The van der Waals surface area contributed by atoms with Crippen LogP contribution in [0, 0.1) is 5.82 Å². The lowest BCUT2D eigenvalue weighted by molar-refractivity contribution is -0.122. The molecule has 28 heavy (non-hydrogen) atoms. The molecule has 1 aliphatic heterocycles. The number of hydrogen-bond donors (Lipinski definition) is 0. The van der Waals surface area contributed by atoms with Crippen LogP contribution < -0.4 is 0 Å². The fraction of sp³-hybridized carbons (Fsp3) is 0.333. The van der Waals surface area contributed by atoms with Gasteiger partial charge in [-0.1, -0.05) is 11.6 Å². The molecule has 0 unspecified atom stereocenters. The number of Topliss-reactive ketones (excluding diaryl/α,β-unsaturated/α-hetero) is 1. The van der Waals surface area contributed by atoms with E-state index in [9.17, 15) is 22.0 Å². The van der Waals surface area contributed by atoms with Crippen LogP contribution in [0.3, 0.4) is 0 Å². The third kappa shape index (κ3) is 4.76. The molecule has 0 aliphatic carbocycles. The molecule has 1 aromatic heterocycles. The zero-order valence-corrected chi connectivity index (χ0v) is 17.6. The van der Waals surface area contributed by atoms with E-state index >= 15 is 0 Å². The Hall–Kier alpha value is -1.42. The van der Waals surface area contributed by atoms with E-state index in [1.807, 2.05) is 0 Å². The number of nitrogens with zero attached hydrogens (tertiary/aromatic N) is 2. The van der Waals surface area contributed by atoms with Gasteiger partial charge in [0, 0.05) is 19.4 Å². The Balaban J connectivity index is 1.77. The van der Waals surface area contributed by atoms with Gasteiger partial charge in [0.25, 0.3) is 0 Å². The number of sulfonamides is 1. The zero-order chi connectivity index (χ0) is 20.5. The summed E-state index contributed by atoms with van der Waals surface area (Å²) in [6.45, 7) is -0.400. The molecule has 0 bridgehead atoms. The largest absolute Gasteiger partial charge is 0.298 e. The van der Waals surface area contributed by atoms with Crippen molar-refractivity contribution in [1.82, 2.24) is 9.29 Å². The SMILES string of the molecule is O=C(CCc1cc(Cl)nc(Br)c1)[C@@H]1C[C@@H](F)CN1S(=O)(=O)c1ccc(F)cc1. The summed E-state index contributed by atoms with van der Waals surface area (Å²) in [5.41, 5.74) is 0.753. The second kappa shape index (κ2) is 8.52. The number of ketones is 1. The summed E-state index contributed by atoms with van der Waals surface area (Å²) < 4.78 is 54.2. The number of aromatic nitrogens is 1. The van der Waals surface area contributed by atoms with Gasteiger partial charge in [-0.2, -0.15) is 4.31 Å². The van der Waals surface area contributed by atoms with Gasteiger partial charge in [0.05, 0.1) is 10.9 Å². The normalized spacial score (nSPS) is 20.4. The molecule has 3 rings (SSSR count). The van der Waals surface area contributed by atoms with Gasteiger partial charge in [0.1, 0.15) is 21.7 Å². The van der Waals surface area contributed by atoms with E-state index in [1.165, 1.54) is 0 Å². The molecule has 2 atom stereocenters. The van der Waals surface area contributed by atoms with Gasteiger partial charge >= 0.3 is 0 Å². The summed E-state index contributed by atoms with van der Waals surface area (Å²) in [6, 6.07) is 6.46. The fourth-order valence-corrected chi connectivity index (χ4v) is 5.62. The summed E-state index contributed by atoms with van der Waals surface area (Å²) in [4.78, 5) is 16.5. The number of aryl methyl sites for hydroxylation is 1. The highest BCUT2D eigenvalue weighted by molar-refractivity contribution is 9.10. The lowest BCUT2D eigenvalue weighted by atomic mass is 10.0. The number of pyridine rings is 1. The Morgan fingerprint density at radius 1 is 1.29 bits per heavy atom. The molecule has 1 saturated heterocycles. The van der Waals surface area contributed by atoms with E-state index in [0.29, 0.717) is 11.0 Å². The number of carbonyl (C=O) groups excluding carboxylic acids is 1. The van der Waals surface area contributed by atoms with Crippen molar-refractivity contribution in [2.45, 2.75) is 36.4 Å². The van der Waals surface area contributed by atoms with Crippen molar-refractivity contribution in [2.75, 3.05) is 6.54 Å². The average molecular weight is 494 g/mol. The number of halogens is 4. The van der Waals surface area contributed by atoms with Crippen LogP contribution in [0.5, 0.6) is 0 Å². The van der Waals surface area contributed by atoms with Crippen molar-refractivity contribution < 1.29 is 22.0 Å².